The van der Waals surface area contributed by atoms with E-state index in [4.69, 9.17) is 4.74 Å². The Labute approximate surface area is 159 Å². The van der Waals surface area contributed by atoms with Crippen LogP contribution in [-0.4, -0.2) is 70.5 Å². The third-order valence-corrected chi connectivity index (χ3v) is 10.3. The molecule has 7 heteroatoms. The Balaban J connectivity index is 1.94. The second-order valence-electron chi connectivity index (χ2n) is 10.9. The number of ether oxygens (including phenoxy) is 1. The van der Waals surface area contributed by atoms with Crippen LogP contribution in [0.2, 0.25) is 0 Å². The summed E-state index contributed by atoms with van der Waals surface area (Å²) >= 11 is 0. The molecule has 6 fully saturated rings. The molecular weight excluding hydrogens is 352 g/mol. The predicted molar refractivity (Wildman–Crippen MR) is 93.3 cm³/mol. The van der Waals surface area contributed by atoms with Gasteiger partial charge in [-0.15, -0.1) is 0 Å². The summed E-state index contributed by atoms with van der Waals surface area (Å²) < 4.78 is 6.12. The molecule has 154 valence electrons. The van der Waals surface area contributed by atoms with E-state index in [2.05, 4.69) is 0 Å². The van der Waals surface area contributed by atoms with E-state index in [-0.39, 0.29) is 25.2 Å². The first kappa shape index (κ1) is 18.7. The van der Waals surface area contributed by atoms with Gasteiger partial charge in [-0.2, -0.15) is 0 Å². The van der Waals surface area contributed by atoms with E-state index in [1.807, 2.05) is 0 Å². The Morgan fingerprint density at radius 1 is 0.963 bits per heavy atom. The van der Waals surface area contributed by atoms with Crippen LogP contribution in [0.4, 0.5) is 0 Å². The zero-order valence-electron chi connectivity index (χ0n) is 16.7. The molecule has 0 amide bonds. The molecule has 2 saturated heterocycles. The van der Waals surface area contributed by atoms with Crippen molar-refractivity contribution in [1.29, 1.82) is 0 Å². The lowest BCUT2D eigenvalue weighted by molar-refractivity contribution is -0.390. The predicted octanol–water partition coefficient (Wildman–Crippen LogP) is -0.351. The van der Waals surface area contributed by atoms with Crippen molar-refractivity contribution in [2.45, 2.75) is 100 Å². The SMILES string of the molecule is CC(C)[C@@]1(O)CC2(O)[C@@]3(O)[C@]45O[C@](O)(C[C@@]2(C)[C@@]4(O)CC[C@H](C)[C@H]5O)[C@@]31C. The molecule has 6 N–H and O–H groups in total. The van der Waals surface area contributed by atoms with Crippen LogP contribution in [-0.2, 0) is 4.74 Å². The summed E-state index contributed by atoms with van der Waals surface area (Å²) in [5, 5.41) is 70.9. The summed E-state index contributed by atoms with van der Waals surface area (Å²) in [5.74, 6) is -2.69. The summed E-state index contributed by atoms with van der Waals surface area (Å²) in [7, 11) is 0. The highest BCUT2D eigenvalue weighted by Gasteiger charge is 3.07. The van der Waals surface area contributed by atoms with Crippen LogP contribution in [0.3, 0.4) is 0 Å². The fourth-order valence-electron chi connectivity index (χ4n) is 8.64. The maximum absolute atomic E-state index is 12.3. The lowest BCUT2D eigenvalue weighted by atomic mass is 9.52. The molecular formula is C20H32O7. The molecule has 10 atom stereocenters. The zero-order valence-corrected chi connectivity index (χ0v) is 16.7. The quantitative estimate of drug-likeness (QED) is 0.364. The van der Waals surface area contributed by atoms with Crippen LogP contribution in [0, 0.1) is 22.7 Å². The highest BCUT2D eigenvalue weighted by Crippen LogP contribution is 2.90. The molecule has 2 aliphatic heterocycles. The third kappa shape index (κ3) is 1.16. The Kier molecular flexibility index (Phi) is 2.86. The third-order valence-electron chi connectivity index (χ3n) is 10.3. The molecule has 7 nitrogen and oxygen atoms in total. The molecule has 4 saturated carbocycles. The first-order chi connectivity index (χ1) is 12.1. The van der Waals surface area contributed by atoms with Gasteiger partial charge < -0.3 is 35.4 Å². The number of aliphatic hydroxyl groups is 6. The van der Waals surface area contributed by atoms with E-state index >= 15 is 0 Å². The smallest absolute Gasteiger partial charge is 0.178 e. The summed E-state index contributed by atoms with van der Waals surface area (Å²) in [6, 6.07) is 0. The highest BCUT2D eigenvalue weighted by molar-refractivity contribution is 5.54. The molecule has 6 bridgehead atoms. The minimum atomic E-state index is -2.21. The van der Waals surface area contributed by atoms with Gasteiger partial charge in [0.25, 0.3) is 0 Å². The van der Waals surface area contributed by atoms with Crippen LogP contribution in [0.5, 0.6) is 0 Å². The second-order valence-corrected chi connectivity index (χ2v) is 10.9. The average Bonchev–Trinajstić information content (AvgIpc) is 2.82. The van der Waals surface area contributed by atoms with Crippen LogP contribution in [0.1, 0.15) is 60.3 Å². The van der Waals surface area contributed by atoms with Crippen molar-refractivity contribution >= 4 is 0 Å². The van der Waals surface area contributed by atoms with Gasteiger partial charge in [-0.1, -0.05) is 27.7 Å². The zero-order chi connectivity index (χ0) is 20.3. The first-order valence-electron chi connectivity index (χ1n) is 10.1. The van der Waals surface area contributed by atoms with E-state index in [9.17, 15) is 30.6 Å². The van der Waals surface area contributed by atoms with Crippen molar-refractivity contribution in [3.8, 4) is 0 Å². The summed E-state index contributed by atoms with van der Waals surface area (Å²) in [4.78, 5) is 0. The van der Waals surface area contributed by atoms with Gasteiger partial charge in [0, 0.05) is 18.3 Å². The topological polar surface area (TPSA) is 131 Å². The van der Waals surface area contributed by atoms with Crippen LogP contribution >= 0.6 is 0 Å². The van der Waals surface area contributed by atoms with Gasteiger partial charge in [0.1, 0.15) is 16.8 Å². The monoisotopic (exact) mass is 384 g/mol. The van der Waals surface area contributed by atoms with Crippen LogP contribution < -0.4 is 0 Å². The van der Waals surface area contributed by atoms with Crippen molar-refractivity contribution in [2.75, 3.05) is 0 Å². The van der Waals surface area contributed by atoms with Crippen LogP contribution in [0.15, 0.2) is 0 Å². The summed E-state index contributed by atoms with van der Waals surface area (Å²) in [6.07, 6.45) is -0.869. The van der Waals surface area contributed by atoms with Gasteiger partial charge in [0.05, 0.1) is 17.1 Å². The number of hydrogen-bond acceptors (Lipinski definition) is 7. The average molecular weight is 384 g/mol. The Morgan fingerprint density at radius 2 is 1.56 bits per heavy atom. The molecule has 0 radical (unpaired) electrons. The fraction of sp³-hybridized carbons (Fsp3) is 1.00. The van der Waals surface area contributed by atoms with Crippen LogP contribution in [0.25, 0.3) is 0 Å². The van der Waals surface area contributed by atoms with Crippen molar-refractivity contribution in [1.82, 2.24) is 0 Å². The Hall–Kier alpha value is -0.280. The molecule has 0 aromatic carbocycles. The summed E-state index contributed by atoms with van der Waals surface area (Å²) in [5.41, 5.74) is -12.5. The number of aliphatic hydroxyl groups excluding tert-OH is 1. The van der Waals surface area contributed by atoms with Gasteiger partial charge in [-0.3, -0.25) is 0 Å². The number of rotatable bonds is 1. The van der Waals surface area contributed by atoms with Gasteiger partial charge in [-0.05, 0) is 31.6 Å². The van der Waals surface area contributed by atoms with Gasteiger partial charge in [0.2, 0.25) is 0 Å². The van der Waals surface area contributed by atoms with E-state index in [1.165, 1.54) is 6.92 Å². The minimum absolute atomic E-state index is 0.121. The molecule has 1 spiro atoms. The standard InChI is InChI=1S/C20H32O7/c1-10(2)15(22)9-17(24)13(4)8-18(25)14(15,5)20(17,26)19(27-18)12(21)11(3)6-7-16(13,19)23/h10-12,21-26H,6-9H2,1-5H3/t11-,12+,13-,14-,15-,16-,17?,18+,19+,20+/m0/s1. The molecule has 0 aromatic heterocycles. The molecule has 0 aromatic rings. The molecule has 2 heterocycles. The largest absolute Gasteiger partial charge is 0.390 e. The van der Waals surface area contributed by atoms with Gasteiger partial charge >= 0.3 is 0 Å². The Morgan fingerprint density at radius 3 is 2.11 bits per heavy atom. The molecule has 4 aliphatic carbocycles. The van der Waals surface area contributed by atoms with Gasteiger partial charge in [-0.25, -0.2) is 0 Å². The van der Waals surface area contributed by atoms with E-state index in [0.29, 0.717) is 6.42 Å². The van der Waals surface area contributed by atoms with E-state index < -0.39 is 56.6 Å². The highest BCUT2D eigenvalue weighted by atomic mass is 16.7. The van der Waals surface area contributed by atoms with Crippen molar-refractivity contribution in [3.05, 3.63) is 0 Å². The lowest BCUT2D eigenvalue weighted by Crippen LogP contribution is -2.75. The number of hydrogen-bond donors (Lipinski definition) is 6. The Bertz CT molecular complexity index is 759. The van der Waals surface area contributed by atoms with Crippen molar-refractivity contribution < 1.29 is 35.4 Å². The minimum Gasteiger partial charge on any atom is -0.390 e. The maximum atomic E-state index is 12.3. The lowest BCUT2D eigenvalue weighted by Gasteiger charge is -2.60. The second kappa shape index (κ2) is 4.13. The molecule has 6 rings (SSSR count). The van der Waals surface area contributed by atoms with E-state index in [0.717, 1.165) is 0 Å². The summed E-state index contributed by atoms with van der Waals surface area (Å²) in [6.45, 7) is 8.55. The maximum Gasteiger partial charge on any atom is 0.178 e. The molecule has 6 aliphatic rings. The normalized spacial score (nSPS) is 71.6. The van der Waals surface area contributed by atoms with E-state index in [1.54, 1.807) is 27.7 Å². The van der Waals surface area contributed by atoms with Crippen molar-refractivity contribution in [3.63, 3.8) is 0 Å². The molecule has 27 heavy (non-hydrogen) atoms. The molecule has 1 unspecified atom stereocenters. The van der Waals surface area contributed by atoms with Gasteiger partial charge in [0.15, 0.2) is 11.4 Å². The first-order valence-corrected chi connectivity index (χ1v) is 10.1. The fourth-order valence-corrected chi connectivity index (χ4v) is 8.64. The van der Waals surface area contributed by atoms with Crippen molar-refractivity contribution in [2.24, 2.45) is 22.7 Å².